The van der Waals surface area contributed by atoms with Gasteiger partial charge in [-0.2, -0.15) is 0 Å². The molecule has 7 nitrogen and oxygen atoms in total. The molecule has 1 saturated heterocycles. The first-order chi connectivity index (χ1) is 11.5. The van der Waals surface area contributed by atoms with Gasteiger partial charge in [-0.25, -0.2) is 9.69 Å². The van der Waals surface area contributed by atoms with Crippen molar-refractivity contribution in [1.29, 1.82) is 0 Å². The number of amides is 5. The maximum absolute atomic E-state index is 12.0. The Morgan fingerprint density at radius 2 is 1.75 bits per heavy atom. The van der Waals surface area contributed by atoms with Crippen molar-refractivity contribution in [2.24, 2.45) is 0 Å². The Morgan fingerprint density at radius 3 is 2.42 bits per heavy atom. The molecule has 0 saturated carbocycles. The summed E-state index contributed by atoms with van der Waals surface area (Å²) in [5.74, 6) is -2.27. The Kier molecular flexibility index (Phi) is 5.68. The van der Waals surface area contributed by atoms with Gasteiger partial charge in [0, 0.05) is 13.1 Å². The molecular formula is C17H21N3O4. The molecule has 2 rings (SSSR count). The van der Waals surface area contributed by atoms with Gasteiger partial charge >= 0.3 is 17.8 Å². The number of nitrogens with one attached hydrogen (secondary N) is 1. The average molecular weight is 331 g/mol. The second-order valence-electron chi connectivity index (χ2n) is 5.66. The van der Waals surface area contributed by atoms with Gasteiger partial charge in [-0.3, -0.25) is 19.3 Å². The van der Waals surface area contributed by atoms with Crippen molar-refractivity contribution in [3.8, 4) is 0 Å². The van der Waals surface area contributed by atoms with Crippen LogP contribution in [-0.2, 0) is 20.8 Å². The molecule has 1 N–H and O–H groups in total. The Labute approximate surface area is 140 Å². The molecule has 1 aliphatic rings. The minimum atomic E-state index is -0.942. The van der Waals surface area contributed by atoms with Crippen LogP contribution in [0.3, 0.4) is 0 Å². The van der Waals surface area contributed by atoms with E-state index in [1.807, 2.05) is 31.2 Å². The Morgan fingerprint density at radius 1 is 1.08 bits per heavy atom. The molecule has 0 atom stereocenters. The summed E-state index contributed by atoms with van der Waals surface area (Å²) >= 11 is 0. The Bertz CT molecular complexity index is 672. The van der Waals surface area contributed by atoms with Gasteiger partial charge in [0.1, 0.15) is 6.54 Å². The summed E-state index contributed by atoms with van der Waals surface area (Å²) in [6.45, 7) is 3.93. The molecule has 0 bridgehead atoms. The van der Waals surface area contributed by atoms with E-state index in [1.54, 1.807) is 6.92 Å². The van der Waals surface area contributed by atoms with E-state index in [-0.39, 0.29) is 6.54 Å². The number of rotatable bonds is 7. The van der Waals surface area contributed by atoms with Crippen LogP contribution in [0.5, 0.6) is 0 Å². The maximum atomic E-state index is 12.0. The molecule has 1 heterocycles. The molecule has 0 unspecified atom stereocenters. The standard InChI is InChI=1S/C17H21N3O4/c1-3-10-19-15(22)16(23)20(17(19)24)11-14(21)18-9-8-13-7-5-4-6-12(13)2/h4-7H,3,8-11H2,1-2H3,(H,18,21). The highest BCUT2D eigenvalue weighted by Gasteiger charge is 2.44. The van der Waals surface area contributed by atoms with Crippen molar-refractivity contribution in [3.63, 3.8) is 0 Å². The molecule has 1 fully saturated rings. The monoisotopic (exact) mass is 331 g/mol. The minimum Gasteiger partial charge on any atom is -0.354 e. The van der Waals surface area contributed by atoms with E-state index >= 15 is 0 Å². The zero-order valence-electron chi connectivity index (χ0n) is 13.9. The fourth-order valence-corrected chi connectivity index (χ4v) is 2.54. The number of carbonyl (C=O) groups is 4. The molecule has 0 aliphatic carbocycles. The highest BCUT2D eigenvalue weighted by atomic mass is 16.2. The van der Waals surface area contributed by atoms with Gasteiger partial charge in [0.2, 0.25) is 5.91 Å². The second kappa shape index (κ2) is 7.72. The summed E-state index contributed by atoms with van der Waals surface area (Å²) in [5.41, 5.74) is 2.26. The molecule has 0 radical (unpaired) electrons. The fourth-order valence-electron chi connectivity index (χ4n) is 2.54. The second-order valence-corrected chi connectivity index (χ2v) is 5.66. The van der Waals surface area contributed by atoms with Gasteiger partial charge in [0.15, 0.2) is 0 Å². The lowest BCUT2D eigenvalue weighted by atomic mass is 10.1. The van der Waals surface area contributed by atoms with Gasteiger partial charge < -0.3 is 5.32 Å². The van der Waals surface area contributed by atoms with Gasteiger partial charge in [-0.05, 0) is 30.9 Å². The van der Waals surface area contributed by atoms with E-state index in [1.165, 1.54) is 0 Å². The molecular weight excluding hydrogens is 310 g/mol. The molecule has 0 aromatic heterocycles. The van der Waals surface area contributed by atoms with Crippen LogP contribution in [0.15, 0.2) is 24.3 Å². The van der Waals surface area contributed by atoms with E-state index in [0.29, 0.717) is 24.3 Å². The van der Waals surface area contributed by atoms with Gasteiger partial charge in [-0.1, -0.05) is 31.2 Å². The zero-order chi connectivity index (χ0) is 17.7. The van der Waals surface area contributed by atoms with Crippen LogP contribution in [-0.4, -0.2) is 53.2 Å². The van der Waals surface area contributed by atoms with Crippen molar-refractivity contribution in [1.82, 2.24) is 15.1 Å². The van der Waals surface area contributed by atoms with E-state index in [2.05, 4.69) is 5.32 Å². The van der Waals surface area contributed by atoms with Crippen molar-refractivity contribution < 1.29 is 19.2 Å². The topological polar surface area (TPSA) is 86.8 Å². The lowest BCUT2D eigenvalue weighted by Crippen LogP contribution is -2.42. The lowest BCUT2D eigenvalue weighted by Gasteiger charge is -2.14. The molecule has 1 aromatic carbocycles. The summed E-state index contributed by atoms with van der Waals surface area (Å²) in [5, 5.41) is 2.67. The Hall–Kier alpha value is -2.70. The van der Waals surface area contributed by atoms with Gasteiger partial charge in [-0.15, -0.1) is 0 Å². The highest BCUT2D eigenvalue weighted by molar-refractivity contribution is 6.45. The number of hydrogen-bond acceptors (Lipinski definition) is 4. The number of hydrogen-bond donors (Lipinski definition) is 1. The number of nitrogens with zero attached hydrogens (tertiary/aromatic N) is 2. The summed E-state index contributed by atoms with van der Waals surface area (Å²) in [6.07, 6.45) is 1.21. The number of benzene rings is 1. The van der Waals surface area contributed by atoms with Crippen LogP contribution in [0.2, 0.25) is 0 Å². The largest absolute Gasteiger partial charge is 0.354 e. The number of urea groups is 1. The molecule has 1 aromatic rings. The van der Waals surface area contributed by atoms with Crippen LogP contribution in [0.1, 0.15) is 24.5 Å². The minimum absolute atomic E-state index is 0.175. The van der Waals surface area contributed by atoms with E-state index < -0.39 is 30.3 Å². The summed E-state index contributed by atoms with van der Waals surface area (Å²) in [7, 11) is 0. The van der Waals surface area contributed by atoms with Crippen molar-refractivity contribution >= 4 is 23.8 Å². The fraction of sp³-hybridized carbons (Fsp3) is 0.412. The molecule has 0 spiro atoms. The van der Waals surface area contributed by atoms with Crippen LogP contribution in [0.4, 0.5) is 4.79 Å². The first-order valence-corrected chi connectivity index (χ1v) is 7.94. The van der Waals surface area contributed by atoms with Crippen LogP contribution in [0, 0.1) is 6.92 Å². The third-order valence-corrected chi connectivity index (χ3v) is 3.86. The van der Waals surface area contributed by atoms with Crippen LogP contribution < -0.4 is 5.32 Å². The van der Waals surface area contributed by atoms with Crippen LogP contribution >= 0.6 is 0 Å². The third-order valence-electron chi connectivity index (χ3n) is 3.86. The molecule has 5 amide bonds. The SMILES string of the molecule is CCCN1C(=O)C(=O)N(CC(=O)NCCc2ccccc2C)C1=O. The average Bonchev–Trinajstić information content (AvgIpc) is 2.75. The number of aryl methyl sites for hydroxylation is 1. The van der Waals surface area contributed by atoms with Gasteiger partial charge in [0.05, 0.1) is 0 Å². The molecule has 1 aliphatic heterocycles. The molecule has 128 valence electrons. The van der Waals surface area contributed by atoms with E-state index in [9.17, 15) is 19.2 Å². The highest BCUT2D eigenvalue weighted by Crippen LogP contribution is 2.12. The van der Waals surface area contributed by atoms with Gasteiger partial charge in [0.25, 0.3) is 0 Å². The Balaban J connectivity index is 1.86. The predicted octanol–water partition coefficient (Wildman–Crippen LogP) is 0.855. The first kappa shape index (κ1) is 17.7. The van der Waals surface area contributed by atoms with E-state index in [0.717, 1.165) is 16.0 Å². The predicted molar refractivity (Wildman–Crippen MR) is 87.0 cm³/mol. The van der Waals surface area contributed by atoms with Crippen molar-refractivity contribution in [2.45, 2.75) is 26.7 Å². The van der Waals surface area contributed by atoms with E-state index in [4.69, 9.17) is 0 Å². The zero-order valence-corrected chi connectivity index (χ0v) is 13.9. The molecule has 24 heavy (non-hydrogen) atoms. The number of imide groups is 2. The van der Waals surface area contributed by atoms with Crippen LogP contribution in [0.25, 0.3) is 0 Å². The maximum Gasteiger partial charge on any atom is 0.334 e. The molecule has 7 heteroatoms. The summed E-state index contributed by atoms with van der Waals surface area (Å²) < 4.78 is 0. The lowest BCUT2D eigenvalue weighted by molar-refractivity contribution is -0.144. The smallest absolute Gasteiger partial charge is 0.334 e. The van der Waals surface area contributed by atoms with Crippen molar-refractivity contribution in [2.75, 3.05) is 19.6 Å². The van der Waals surface area contributed by atoms with Crippen molar-refractivity contribution in [3.05, 3.63) is 35.4 Å². The first-order valence-electron chi connectivity index (χ1n) is 7.94. The third kappa shape index (κ3) is 3.79. The summed E-state index contributed by atoms with van der Waals surface area (Å²) in [4.78, 5) is 49.1. The normalized spacial score (nSPS) is 14.5. The number of carbonyl (C=O) groups excluding carboxylic acids is 4. The summed E-state index contributed by atoms with van der Waals surface area (Å²) in [6, 6.07) is 7.13. The quantitative estimate of drug-likeness (QED) is 0.593.